The number of rotatable bonds is 3. The van der Waals surface area contributed by atoms with Gasteiger partial charge in [-0.05, 0) is 60.5 Å². The minimum absolute atomic E-state index is 0.115. The molecule has 2 aromatic heterocycles. The number of aromatic nitrogens is 2. The summed E-state index contributed by atoms with van der Waals surface area (Å²) < 4.78 is 21.6. The van der Waals surface area contributed by atoms with Gasteiger partial charge in [0.1, 0.15) is 11.5 Å². The van der Waals surface area contributed by atoms with E-state index in [4.69, 9.17) is 4.42 Å². The van der Waals surface area contributed by atoms with Gasteiger partial charge in [0, 0.05) is 25.9 Å². The summed E-state index contributed by atoms with van der Waals surface area (Å²) >= 11 is 0. The van der Waals surface area contributed by atoms with Crippen LogP contribution in [0.1, 0.15) is 24.4 Å². The Bertz CT molecular complexity index is 1330. The Hall–Kier alpha value is -4.20. The first-order valence-electron chi connectivity index (χ1n) is 10.5. The SMILES string of the molecule is CC(=O)N1c2ccc(-c3ccc(-n4cccn4)c(F)c3)cc2N(C(=O)c2ccco2)C[C@@H]1C. The van der Waals surface area contributed by atoms with Crippen LogP contribution in [0.25, 0.3) is 16.8 Å². The van der Waals surface area contributed by atoms with E-state index in [9.17, 15) is 14.0 Å². The summed E-state index contributed by atoms with van der Waals surface area (Å²) in [4.78, 5) is 28.8. The van der Waals surface area contributed by atoms with Crippen molar-refractivity contribution in [2.24, 2.45) is 0 Å². The van der Waals surface area contributed by atoms with Crippen molar-refractivity contribution in [3.8, 4) is 16.8 Å². The molecule has 8 heteroatoms. The van der Waals surface area contributed by atoms with Gasteiger partial charge in [-0.3, -0.25) is 9.59 Å². The number of hydrogen-bond acceptors (Lipinski definition) is 4. The third-order valence-corrected chi connectivity index (χ3v) is 5.76. The maximum Gasteiger partial charge on any atom is 0.294 e. The third-order valence-electron chi connectivity index (χ3n) is 5.76. The lowest BCUT2D eigenvalue weighted by atomic mass is 10.00. The van der Waals surface area contributed by atoms with E-state index in [-0.39, 0.29) is 23.6 Å². The van der Waals surface area contributed by atoms with Crippen molar-refractivity contribution in [1.29, 1.82) is 0 Å². The summed E-state index contributed by atoms with van der Waals surface area (Å²) in [5.74, 6) is -0.620. The second kappa shape index (κ2) is 8.05. The van der Waals surface area contributed by atoms with E-state index >= 15 is 0 Å². The zero-order valence-electron chi connectivity index (χ0n) is 18.1. The molecule has 2 aromatic carbocycles. The molecule has 0 radical (unpaired) electrons. The molecule has 0 saturated carbocycles. The van der Waals surface area contributed by atoms with Crippen molar-refractivity contribution in [1.82, 2.24) is 9.78 Å². The smallest absolute Gasteiger partial charge is 0.294 e. The Balaban J connectivity index is 1.60. The molecule has 2 amide bonds. The Labute approximate surface area is 189 Å². The topological polar surface area (TPSA) is 71.6 Å². The predicted octanol–water partition coefficient (Wildman–Crippen LogP) is 4.67. The van der Waals surface area contributed by atoms with Crippen LogP contribution in [0, 0.1) is 5.82 Å². The minimum atomic E-state index is -0.420. The van der Waals surface area contributed by atoms with Gasteiger partial charge in [-0.1, -0.05) is 12.1 Å². The Morgan fingerprint density at radius 2 is 1.79 bits per heavy atom. The molecule has 0 fully saturated rings. The molecule has 0 saturated heterocycles. The lowest BCUT2D eigenvalue weighted by molar-refractivity contribution is -0.117. The van der Waals surface area contributed by atoms with Gasteiger partial charge in [-0.2, -0.15) is 5.10 Å². The van der Waals surface area contributed by atoms with Crippen LogP contribution < -0.4 is 9.80 Å². The summed E-state index contributed by atoms with van der Waals surface area (Å²) in [6, 6.07) is 15.1. The van der Waals surface area contributed by atoms with Gasteiger partial charge in [0.05, 0.1) is 23.7 Å². The van der Waals surface area contributed by atoms with E-state index in [1.54, 1.807) is 64.7 Å². The Kier molecular flexibility index (Phi) is 5.05. The molecule has 1 aliphatic rings. The fourth-order valence-electron chi connectivity index (χ4n) is 4.29. The van der Waals surface area contributed by atoms with E-state index in [0.717, 1.165) is 5.56 Å². The normalized spacial score (nSPS) is 15.4. The van der Waals surface area contributed by atoms with Crippen LogP contribution in [-0.4, -0.2) is 34.2 Å². The number of furan rings is 1. The van der Waals surface area contributed by atoms with Crippen LogP contribution in [0.15, 0.2) is 77.7 Å². The third kappa shape index (κ3) is 3.59. The number of benzene rings is 2. The summed E-state index contributed by atoms with van der Waals surface area (Å²) in [7, 11) is 0. The van der Waals surface area contributed by atoms with E-state index < -0.39 is 5.82 Å². The van der Waals surface area contributed by atoms with Crippen molar-refractivity contribution in [3.63, 3.8) is 0 Å². The molecule has 5 rings (SSSR count). The molecule has 7 nitrogen and oxygen atoms in total. The number of anilines is 2. The predicted molar refractivity (Wildman–Crippen MR) is 122 cm³/mol. The highest BCUT2D eigenvalue weighted by Gasteiger charge is 2.35. The largest absolute Gasteiger partial charge is 0.459 e. The van der Waals surface area contributed by atoms with Crippen LogP contribution in [0.2, 0.25) is 0 Å². The average molecular weight is 444 g/mol. The molecule has 0 N–H and O–H groups in total. The quantitative estimate of drug-likeness (QED) is 0.460. The number of amides is 2. The number of nitrogens with zero attached hydrogens (tertiary/aromatic N) is 4. The van der Waals surface area contributed by atoms with Crippen LogP contribution >= 0.6 is 0 Å². The number of hydrogen-bond donors (Lipinski definition) is 0. The molecule has 0 aliphatic carbocycles. The van der Waals surface area contributed by atoms with Crippen molar-refractivity contribution >= 4 is 23.2 Å². The van der Waals surface area contributed by atoms with E-state index in [2.05, 4.69) is 5.10 Å². The molecule has 1 aliphatic heterocycles. The minimum Gasteiger partial charge on any atom is -0.459 e. The second-order valence-corrected chi connectivity index (χ2v) is 7.95. The maximum atomic E-state index is 14.9. The first-order chi connectivity index (χ1) is 15.9. The molecule has 33 heavy (non-hydrogen) atoms. The summed E-state index contributed by atoms with van der Waals surface area (Å²) in [6.45, 7) is 3.70. The number of fused-ring (bicyclic) bond motifs is 1. The van der Waals surface area contributed by atoms with Gasteiger partial charge in [0.2, 0.25) is 5.91 Å². The zero-order valence-corrected chi connectivity index (χ0v) is 18.1. The summed E-state index contributed by atoms with van der Waals surface area (Å²) in [6.07, 6.45) is 4.71. The molecule has 0 spiro atoms. The number of carbonyl (C=O) groups is 2. The zero-order chi connectivity index (χ0) is 23.1. The maximum absolute atomic E-state index is 14.9. The van der Waals surface area contributed by atoms with Crippen LogP contribution in [0.5, 0.6) is 0 Å². The molecule has 166 valence electrons. The van der Waals surface area contributed by atoms with E-state index in [0.29, 0.717) is 29.2 Å². The Morgan fingerprint density at radius 3 is 2.42 bits per heavy atom. The summed E-state index contributed by atoms with van der Waals surface area (Å²) in [5, 5.41) is 4.08. The Morgan fingerprint density at radius 1 is 1.03 bits per heavy atom. The molecule has 0 unspecified atom stereocenters. The van der Waals surface area contributed by atoms with Crippen LogP contribution in [-0.2, 0) is 4.79 Å². The van der Waals surface area contributed by atoms with Gasteiger partial charge in [0.25, 0.3) is 5.91 Å². The van der Waals surface area contributed by atoms with Crippen molar-refractivity contribution in [2.45, 2.75) is 19.9 Å². The van der Waals surface area contributed by atoms with E-state index in [1.807, 2.05) is 13.0 Å². The number of halogens is 1. The van der Waals surface area contributed by atoms with Gasteiger partial charge < -0.3 is 14.2 Å². The first kappa shape index (κ1) is 20.7. The van der Waals surface area contributed by atoms with Crippen molar-refractivity contribution in [2.75, 3.05) is 16.3 Å². The highest BCUT2D eigenvalue weighted by atomic mass is 19.1. The standard InChI is InChI=1S/C25H21FN4O3/c1-16-15-28(25(32)24-5-3-12-33-24)23-14-19(7-9-22(23)30(16)17(2)31)18-6-8-21(20(26)13-18)29-11-4-10-27-29/h3-14,16H,15H2,1-2H3/t16-/m0/s1. The van der Waals surface area contributed by atoms with E-state index in [1.165, 1.54) is 23.9 Å². The van der Waals surface area contributed by atoms with Gasteiger partial charge in [-0.15, -0.1) is 0 Å². The monoisotopic (exact) mass is 444 g/mol. The average Bonchev–Trinajstić information content (AvgIpc) is 3.52. The fourth-order valence-corrected chi connectivity index (χ4v) is 4.29. The highest BCUT2D eigenvalue weighted by molar-refractivity contribution is 6.10. The molecular weight excluding hydrogens is 423 g/mol. The summed E-state index contributed by atoms with van der Waals surface area (Å²) in [5.41, 5.74) is 2.89. The molecule has 1 atom stereocenters. The first-order valence-corrected chi connectivity index (χ1v) is 10.5. The van der Waals surface area contributed by atoms with Gasteiger partial charge in [0.15, 0.2) is 5.76 Å². The van der Waals surface area contributed by atoms with Crippen molar-refractivity contribution < 1.29 is 18.4 Å². The number of carbonyl (C=O) groups excluding carboxylic acids is 2. The molecule has 3 heterocycles. The molecular formula is C25H21FN4O3. The second-order valence-electron chi connectivity index (χ2n) is 7.95. The molecule has 4 aromatic rings. The lowest BCUT2D eigenvalue weighted by Gasteiger charge is -2.40. The van der Waals surface area contributed by atoms with Crippen LogP contribution in [0.4, 0.5) is 15.8 Å². The lowest BCUT2D eigenvalue weighted by Crippen LogP contribution is -2.51. The fraction of sp³-hybridized carbons (Fsp3) is 0.160. The molecule has 0 bridgehead atoms. The van der Waals surface area contributed by atoms with Crippen LogP contribution in [0.3, 0.4) is 0 Å². The van der Waals surface area contributed by atoms with Gasteiger partial charge >= 0.3 is 0 Å². The van der Waals surface area contributed by atoms with Gasteiger partial charge in [-0.25, -0.2) is 9.07 Å². The van der Waals surface area contributed by atoms with Crippen molar-refractivity contribution in [3.05, 3.63) is 84.8 Å². The highest BCUT2D eigenvalue weighted by Crippen LogP contribution is 2.39.